The molecule has 5 heteroatoms. The molecule has 0 spiro atoms. The molecule has 0 aromatic heterocycles. The lowest BCUT2D eigenvalue weighted by molar-refractivity contribution is -0.137. The third-order valence-corrected chi connectivity index (χ3v) is 3.22. The van der Waals surface area contributed by atoms with Gasteiger partial charge in [-0.25, -0.2) is 0 Å². The van der Waals surface area contributed by atoms with Crippen LogP contribution in [-0.4, -0.2) is 35.6 Å². The van der Waals surface area contributed by atoms with Crippen LogP contribution in [0.15, 0.2) is 0 Å². The molecule has 3 N–H and O–H groups in total. The summed E-state index contributed by atoms with van der Waals surface area (Å²) in [5.74, 6) is -0.690. The molecule has 0 saturated carbocycles. The lowest BCUT2D eigenvalue weighted by atomic mass is 9.99. The highest BCUT2D eigenvalue weighted by Gasteiger charge is 2.35. The number of hydrogen-bond donors (Lipinski definition) is 3. The summed E-state index contributed by atoms with van der Waals surface area (Å²) >= 11 is 0. The maximum atomic E-state index is 11.8. The molecule has 0 aliphatic carbocycles. The van der Waals surface area contributed by atoms with Crippen LogP contribution in [0.4, 0.5) is 0 Å². The standard InChI is InChI=1S/C12H22N2O3/c1-12(7-5-9-14-12)11(17)13-8-4-2-3-6-10(15)16/h14H,2-9H2,1H3,(H,13,17)(H,15,16). The summed E-state index contributed by atoms with van der Waals surface area (Å²) in [4.78, 5) is 22.1. The molecule has 1 aliphatic heterocycles. The lowest BCUT2D eigenvalue weighted by Gasteiger charge is -2.22. The van der Waals surface area contributed by atoms with Gasteiger partial charge in [0.05, 0.1) is 5.54 Å². The van der Waals surface area contributed by atoms with E-state index in [9.17, 15) is 9.59 Å². The molecule has 0 bridgehead atoms. The molecule has 0 radical (unpaired) electrons. The third kappa shape index (κ3) is 4.73. The van der Waals surface area contributed by atoms with E-state index in [-0.39, 0.29) is 12.3 Å². The Kier molecular flexibility index (Phi) is 5.41. The van der Waals surface area contributed by atoms with Crippen molar-refractivity contribution >= 4 is 11.9 Å². The Bertz CT molecular complexity index is 273. The largest absolute Gasteiger partial charge is 0.481 e. The second-order valence-corrected chi connectivity index (χ2v) is 4.82. The molecule has 1 unspecified atom stereocenters. The first-order valence-corrected chi connectivity index (χ1v) is 6.30. The van der Waals surface area contributed by atoms with Crippen LogP contribution in [0.3, 0.4) is 0 Å². The minimum atomic E-state index is -0.753. The minimum Gasteiger partial charge on any atom is -0.481 e. The molecule has 0 aromatic carbocycles. The predicted molar refractivity (Wildman–Crippen MR) is 64.8 cm³/mol. The zero-order valence-corrected chi connectivity index (χ0v) is 10.4. The number of carboxylic acids is 1. The number of carbonyl (C=O) groups is 2. The smallest absolute Gasteiger partial charge is 0.303 e. The van der Waals surface area contributed by atoms with Crippen LogP contribution in [0, 0.1) is 0 Å². The van der Waals surface area contributed by atoms with Gasteiger partial charge in [-0.15, -0.1) is 0 Å². The fourth-order valence-corrected chi connectivity index (χ4v) is 2.06. The first kappa shape index (κ1) is 14.0. The molecule has 1 amide bonds. The Morgan fingerprint density at radius 2 is 2.12 bits per heavy atom. The molecule has 0 aromatic rings. The summed E-state index contributed by atoms with van der Waals surface area (Å²) in [6.45, 7) is 3.47. The van der Waals surface area contributed by atoms with Crippen molar-refractivity contribution in [2.75, 3.05) is 13.1 Å². The average Bonchev–Trinajstić information content (AvgIpc) is 2.71. The van der Waals surface area contributed by atoms with E-state index in [1.807, 2.05) is 6.92 Å². The summed E-state index contributed by atoms with van der Waals surface area (Å²) in [6.07, 6.45) is 4.51. The highest BCUT2D eigenvalue weighted by Crippen LogP contribution is 2.18. The molecular weight excluding hydrogens is 220 g/mol. The first-order chi connectivity index (χ1) is 8.04. The van der Waals surface area contributed by atoms with E-state index in [0.717, 1.165) is 32.2 Å². The molecule has 1 fully saturated rings. The number of hydrogen-bond acceptors (Lipinski definition) is 3. The maximum absolute atomic E-state index is 11.8. The van der Waals surface area contributed by atoms with Gasteiger partial charge in [-0.1, -0.05) is 6.42 Å². The van der Waals surface area contributed by atoms with Crippen LogP contribution in [0.25, 0.3) is 0 Å². The van der Waals surface area contributed by atoms with Gasteiger partial charge in [-0.3, -0.25) is 9.59 Å². The first-order valence-electron chi connectivity index (χ1n) is 6.30. The number of amides is 1. The fraction of sp³-hybridized carbons (Fsp3) is 0.833. The van der Waals surface area contributed by atoms with Crippen LogP contribution in [-0.2, 0) is 9.59 Å². The molecule has 1 heterocycles. The van der Waals surface area contributed by atoms with Gasteiger partial charge in [0.15, 0.2) is 0 Å². The van der Waals surface area contributed by atoms with E-state index in [2.05, 4.69) is 10.6 Å². The van der Waals surface area contributed by atoms with Gasteiger partial charge < -0.3 is 15.7 Å². The molecule has 1 saturated heterocycles. The second-order valence-electron chi connectivity index (χ2n) is 4.82. The highest BCUT2D eigenvalue weighted by molar-refractivity contribution is 5.86. The number of unbranched alkanes of at least 4 members (excludes halogenated alkanes) is 2. The highest BCUT2D eigenvalue weighted by atomic mass is 16.4. The van der Waals surface area contributed by atoms with Gasteiger partial charge in [-0.05, 0) is 39.2 Å². The fourth-order valence-electron chi connectivity index (χ4n) is 2.06. The van der Waals surface area contributed by atoms with Crippen LogP contribution in [0.5, 0.6) is 0 Å². The van der Waals surface area contributed by atoms with Gasteiger partial charge >= 0.3 is 5.97 Å². The lowest BCUT2D eigenvalue weighted by Crippen LogP contribution is -2.51. The Labute approximate surface area is 102 Å². The second kappa shape index (κ2) is 6.59. The third-order valence-electron chi connectivity index (χ3n) is 3.22. The van der Waals surface area contributed by atoms with Crippen molar-refractivity contribution in [2.45, 2.75) is 51.0 Å². The van der Waals surface area contributed by atoms with Crippen molar-refractivity contribution in [3.05, 3.63) is 0 Å². The average molecular weight is 242 g/mol. The summed E-state index contributed by atoms with van der Waals surface area (Å²) < 4.78 is 0. The number of aliphatic carboxylic acids is 1. The van der Waals surface area contributed by atoms with Crippen LogP contribution >= 0.6 is 0 Å². The van der Waals surface area contributed by atoms with E-state index >= 15 is 0 Å². The number of carboxylic acid groups (broad SMARTS) is 1. The number of carbonyl (C=O) groups excluding carboxylic acids is 1. The van der Waals surface area contributed by atoms with Crippen molar-refractivity contribution < 1.29 is 14.7 Å². The maximum Gasteiger partial charge on any atom is 0.303 e. The monoisotopic (exact) mass is 242 g/mol. The Morgan fingerprint density at radius 3 is 2.71 bits per heavy atom. The molecule has 1 rings (SSSR count). The molecule has 1 aliphatic rings. The summed E-state index contributed by atoms with van der Waals surface area (Å²) in [6, 6.07) is 0. The van der Waals surface area contributed by atoms with Gasteiger partial charge in [0.1, 0.15) is 0 Å². The van der Waals surface area contributed by atoms with Gasteiger partial charge in [-0.2, -0.15) is 0 Å². The summed E-state index contributed by atoms with van der Waals surface area (Å²) in [5.41, 5.74) is -0.402. The van der Waals surface area contributed by atoms with Crippen molar-refractivity contribution in [3.63, 3.8) is 0 Å². The Morgan fingerprint density at radius 1 is 1.35 bits per heavy atom. The number of rotatable bonds is 7. The molecule has 1 atom stereocenters. The molecule has 17 heavy (non-hydrogen) atoms. The summed E-state index contributed by atoms with van der Waals surface area (Å²) in [7, 11) is 0. The zero-order chi connectivity index (χ0) is 12.7. The predicted octanol–water partition coefficient (Wildman–Crippen LogP) is 0.890. The van der Waals surface area contributed by atoms with E-state index < -0.39 is 11.5 Å². The van der Waals surface area contributed by atoms with Crippen molar-refractivity contribution in [1.82, 2.24) is 10.6 Å². The molecule has 5 nitrogen and oxygen atoms in total. The van der Waals surface area contributed by atoms with Crippen LogP contribution in [0.2, 0.25) is 0 Å². The topological polar surface area (TPSA) is 78.4 Å². The van der Waals surface area contributed by atoms with Crippen LogP contribution < -0.4 is 10.6 Å². The normalized spacial score (nSPS) is 23.6. The summed E-state index contributed by atoms with van der Waals surface area (Å²) in [5, 5.41) is 14.6. The van der Waals surface area contributed by atoms with Crippen molar-refractivity contribution in [1.29, 1.82) is 0 Å². The van der Waals surface area contributed by atoms with Crippen molar-refractivity contribution in [2.24, 2.45) is 0 Å². The van der Waals surface area contributed by atoms with E-state index in [4.69, 9.17) is 5.11 Å². The molecular formula is C12H22N2O3. The quantitative estimate of drug-likeness (QED) is 0.579. The number of nitrogens with one attached hydrogen (secondary N) is 2. The van der Waals surface area contributed by atoms with E-state index in [1.165, 1.54) is 0 Å². The molecule has 98 valence electrons. The van der Waals surface area contributed by atoms with E-state index in [1.54, 1.807) is 0 Å². The van der Waals surface area contributed by atoms with Gasteiger partial charge in [0, 0.05) is 13.0 Å². The Balaban J connectivity index is 2.06. The van der Waals surface area contributed by atoms with Gasteiger partial charge in [0.25, 0.3) is 0 Å². The SMILES string of the molecule is CC1(C(=O)NCCCCCC(=O)O)CCCN1. The Hall–Kier alpha value is -1.10. The zero-order valence-electron chi connectivity index (χ0n) is 10.4. The minimum absolute atomic E-state index is 0.0632. The van der Waals surface area contributed by atoms with Crippen LogP contribution in [0.1, 0.15) is 45.4 Å². The van der Waals surface area contributed by atoms with Crippen molar-refractivity contribution in [3.8, 4) is 0 Å². The van der Waals surface area contributed by atoms with E-state index in [0.29, 0.717) is 13.0 Å². The van der Waals surface area contributed by atoms with Gasteiger partial charge in [0.2, 0.25) is 5.91 Å².